The summed E-state index contributed by atoms with van der Waals surface area (Å²) in [6.45, 7) is 4.52. The van der Waals surface area contributed by atoms with Crippen LogP contribution in [0, 0.1) is 6.92 Å². The zero-order valence-corrected chi connectivity index (χ0v) is 24.6. The number of ether oxygens (including phenoxy) is 2. The van der Waals surface area contributed by atoms with E-state index in [0.717, 1.165) is 16.7 Å². The van der Waals surface area contributed by atoms with Crippen molar-refractivity contribution < 1.29 is 23.6 Å². The number of aryl methyl sites for hydroxylation is 1. The highest BCUT2D eigenvalue weighted by atomic mass is 35.5. The van der Waals surface area contributed by atoms with E-state index in [1.807, 2.05) is 79.0 Å². The average molecular weight is 602 g/mol. The number of carbonyl (C=O) groups excluding carboxylic acids is 2. The molecule has 0 aliphatic rings. The fourth-order valence-corrected chi connectivity index (χ4v) is 5.22. The molecule has 5 aromatic rings. The topological polar surface area (TPSA) is 103 Å². The first-order valence-corrected chi connectivity index (χ1v) is 14.5. The standard InChI is InChI=1S/C32H28ClN3O5S/c1-3-34-31(37)28-27(35-32(38)30-20(2)14-15-42-30)29(41-36-28)23-16-24(33)26(40-19-22-12-8-5-9-13-22)17-25(23)39-18-21-10-6-4-7-11-21/h4-17H,3,18-19H2,1-2H3,(H,34,37)(H,35,38). The van der Waals surface area contributed by atoms with Gasteiger partial charge < -0.3 is 24.6 Å². The third-order valence-corrected chi connectivity index (χ3v) is 7.61. The molecule has 2 N–H and O–H groups in total. The lowest BCUT2D eigenvalue weighted by molar-refractivity contribution is 0.0947. The highest BCUT2D eigenvalue weighted by molar-refractivity contribution is 7.12. The Balaban J connectivity index is 1.56. The lowest BCUT2D eigenvalue weighted by Crippen LogP contribution is -2.25. The van der Waals surface area contributed by atoms with Crippen LogP contribution in [0.2, 0.25) is 5.02 Å². The molecule has 2 heterocycles. The molecule has 0 aliphatic carbocycles. The molecule has 3 aromatic carbocycles. The largest absolute Gasteiger partial charge is 0.488 e. The molecule has 10 heteroatoms. The maximum atomic E-state index is 13.3. The Morgan fingerprint density at radius 2 is 1.55 bits per heavy atom. The van der Waals surface area contributed by atoms with Crippen LogP contribution in [0.4, 0.5) is 5.69 Å². The van der Waals surface area contributed by atoms with Crippen LogP contribution in [0.15, 0.2) is 88.8 Å². The van der Waals surface area contributed by atoms with Gasteiger partial charge in [0.1, 0.15) is 30.4 Å². The predicted octanol–water partition coefficient (Wildman–Crippen LogP) is 7.52. The number of aromatic nitrogens is 1. The van der Waals surface area contributed by atoms with Gasteiger partial charge in [0, 0.05) is 12.6 Å². The van der Waals surface area contributed by atoms with E-state index in [0.29, 0.717) is 35.1 Å². The number of hydrogen-bond donors (Lipinski definition) is 2. The van der Waals surface area contributed by atoms with Crippen molar-refractivity contribution in [2.45, 2.75) is 27.1 Å². The van der Waals surface area contributed by atoms with Crippen LogP contribution in [-0.4, -0.2) is 23.5 Å². The van der Waals surface area contributed by atoms with Crippen molar-refractivity contribution in [1.82, 2.24) is 10.5 Å². The number of thiophene rings is 1. The SMILES string of the molecule is CCNC(=O)c1noc(-c2cc(Cl)c(OCc3ccccc3)cc2OCc2ccccc2)c1NC(=O)c1sccc1C. The van der Waals surface area contributed by atoms with Gasteiger partial charge in [0.05, 0.1) is 15.5 Å². The molecule has 2 amide bonds. The van der Waals surface area contributed by atoms with Gasteiger partial charge in [-0.15, -0.1) is 11.3 Å². The second kappa shape index (κ2) is 13.4. The van der Waals surface area contributed by atoms with Gasteiger partial charge in [0.25, 0.3) is 11.8 Å². The number of halogens is 1. The summed E-state index contributed by atoms with van der Waals surface area (Å²) in [5.74, 6) is 0.00576. The van der Waals surface area contributed by atoms with E-state index < -0.39 is 11.8 Å². The molecule has 5 rings (SSSR count). The van der Waals surface area contributed by atoms with E-state index in [4.69, 9.17) is 25.6 Å². The normalized spacial score (nSPS) is 10.7. The summed E-state index contributed by atoms with van der Waals surface area (Å²) < 4.78 is 18.0. The van der Waals surface area contributed by atoms with E-state index in [1.165, 1.54) is 11.3 Å². The van der Waals surface area contributed by atoms with E-state index in [1.54, 1.807) is 19.1 Å². The molecule has 2 aromatic heterocycles. The number of nitrogens with one attached hydrogen (secondary N) is 2. The molecule has 0 atom stereocenters. The van der Waals surface area contributed by atoms with Crippen molar-refractivity contribution in [1.29, 1.82) is 0 Å². The van der Waals surface area contributed by atoms with Crippen LogP contribution < -0.4 is 20.1 Å². The summed E-state index contributed by atoms with van der Waals surface area (Å²) in [4.78, 5) is 26.7. The smallest absolute Gasteiger partial charge is 0.275 e. The minimum atomic E-state index is -0.494. The molecule has 0 saturated heterocycles. The summed E-state index contributed by atoms with van der Waals surface area (Å²) in [5, 5.41) is 11.7. The monoisotopic (exact) mass is 601 g/mol. The van der Waals surface area contributed by atoms with E-state index in [9.17, 15) is 9.59 Å². The first-order valence-electron chi connectivity index (χ1n) is 13.2. The fraction of sp³-hybridized carbons (Fsp3) is 0.156. The van der Waals surface area contributed by atoms with E-state index >= 15 is 0 Å². The van der Waals surface area contributed by atoms with Gasteiger partial charge >= 0.3 is 0 Å². The summed E-state index contributed by atoms with van der Waals surface area (Å²) in [6, 6.07) is 24.5. The minimum Gasteiger partial charge on any atom is -0.488 e. The van der Waals surface area contributed by atoms with Crippen LogP contribution in [-0.2, 0) is 13.2 Å². The summed E-state index contributed by atoms with van der Waals surface area (Å²) in [7, 11) is 0. The van der Waals surface area contributed by atoms with Gasteiger partial charge in [-0.3, -0.25) is 9.59 Å². The number of rotatable bonds is 11. The van der Waals surface area contributed by atoms with Crippen LogP contribution >= 0.6 is 22.9 Å². The highest BCUT2D eigenvalue weighted by Crippen LogP contribution is 2.43. The van der Waals surface area contributed by atoms with Gasteiger partial charge in [-0.05, 0) is 48.1 Å². The van der Waals surface area contributed by atoms with Crippen LogP contribution in [0.5, 0.6) is 11.5 Å². The fourth-order valence-electron chi connectivity index (χ4n) is 4.18. The number of carbonyl (C=O) groups is 2. The third-order valence-electron chi connectivity index (χ3n) is 6.30. The maximum absolute atomic E-state index is 13.3. The molecule has 8 nitrogen and oxygen atoms in total. The van der Waals surface area contributed by atoms with Gasteiger partial charge in [0.2, 0.25) is 0 Å². The van der Waals surface area contributed by atoms with Crippen molar-refractivity contribution in [3.05, 3.63) is 117 Å². The van der Waals surface area contributed by atoms with Gasteiger partial charge in [-0.1, -0.05) is 77.4 Å². The Morgan fingerprint density at radius 1 is 0.905 bits per heavy atom. The number of hydrogen-bond acceptors (Lipinski definition) is 7. The Morgan fingerprint density at radius 3 is 2.14 bits per heavy atom. The summed E-state index contributed by atoms with van der Waals surface area (Å²) >= 11 is 8.00. The molecule has 0 aliphatic heterocycles. The van der Waals surface area contributed by atoms with Crippen LogP contribution in [0.3, 0.4) is 0 Å². The average Bonchev–Trinajstić information content (AvgIpc) is 3.63. The first-order chi connectivity index (χ1) is 20.4. The lowest BCUT2D eigenvalue weighted by Gasteiger charge is -2.15. The predicted molar refractivity (Wildman–Crippen MR) is 164 cm³/mol. The van der Waals surface area contributed by atoms with Crippen molar-refractivity contribution in [2.75, 3.05) is 11.9 Å². The quantitative estimate of drug-likeness (QED) is 0.162. The van der Waals surface area contributed by atoms with Crippen molar-refractivity contribution in [3.8, 4) is 22.8 Å². The zero-order valence-electron chi connectivity index (χ0n) is 23.0. The zero-order chi connectivity index (χ0) is 29.5. The molecule has 0 radical (unpaired) electrons. The second-order valence-corrected chi connectivity index (χ2v) is 10.6. The molecule has 0 bridgehead atoms. The van der Waals surface area contributed by atoms with Gasteiger partial charge in [0.15, 0.2) is 11.5 Å². The molecule has 0 saturated carbocycles. The maximum Gasteiger partial charge on any atom is 0.275 e. The van der Waals surface area contributed by atoms with Crippen molar-refractivity contribution in [2.24, 2.45) is 0 Å². The second-order valence-electron chi connectivity index (χ2n) is 9.31. The third kappa shape index (κ3) is 6.64. The minimum absolute atomic E-state index is 0.0658. The molecule has 0 fully saturated rings. The summed E-state index contributed by atoms with van der Waals surface area (Å²) in [5.41, 5.74) is 3.16. The first kappa shape index (κ1) is 28.9. The molecular formula is C32H28ClN3O5S. The van der Waals surface area contributed by atoms with E-state index in [2.05, 4.69) is 15.8 Å². The molecular weight excluding hydrogens is 574 g/mol. The number of anilines is 1. The Hall–Kier alpha value is -4.60. The number of nitrogens with zero attached hydrogens (tertiary/aromatic N) is 1. The van der Waals surface area contributed by atoms with Crippen molar-refractivity contribution in [3.63, 3.8) is 0 Å². The van der Waals surface area contributed by atoms with Crippen LogP contribution in [0.1, 0.15) is 43.8 Å². The van der Waals surface area contributed by atoms with E-state index in [-0.39, 0.29) is 28.8 Å². The molecule has 0 unspecified atom stereocenters. The molecule has 42 heavy (non-hydrogen) atoms. The Labute approximate surface area is 252 Å². The number of benzene rings is 3. The Bertz CT molecular complexity index is 1690. The number of amides is 2. The van der Waals surface area contributed by atoms with Crippen LogP contribution in [0.25, 0.3) is 11.3 Å². The van der Waals surface area contributed by atoms with Gasteiger partial charge in [-0.2, -0.15) is 0 Å². The lowest BCUT2D eigenvalue weighted by atomic mass is 10.1. The molecule has 214 valence electrons. The molecule has 0 spiro atoms. The van der Waals surface area contributed by atoms with Crippen molar-refractivity contribution >= 4 is 40.4 Å². The Kier molecular flexibility index (Phi) is 9.21. The summed E-state index contributed by atoms with van der Waals surface area (Å²) in [6.07, 6.45) is 0. The highest BCUT2D eigenvalue weighted by Gasteiger charge is 2.28. The van der Waals surface area contributed by atoms with Gasteiger partial charge in [-0.25, -0.2) is 0 Å².